The van der Waals surface area contributed by atoms with Gasteiger partial charge in [-0.25, -0.2) is 4.79 Å². The quantitative estimate of drug-likeness (QED) is 0.192. The van der Waals surface area contributed by atoms with E-state index < -0.39 is 63.3 Å². The number of ether oxygens (including phenoxy) is 1. The van der Waals surface area contributed by atoms with E-state index in [4.69, 9.17) is 14.9 Å². The first-order chi connectivity index (χ1) is 10.8. The van der Waals surface area contributed by atoms with Crippen LogP contribution in [-0.4, -0.2) is 87.5 Å². The van der Waals surface area contributed by atoms with E-state index in [9.17, 15) is 30.0 Å². The standard InChI is InChI=1S/C11H16Br3NO9/c12-11(13,14)8(20)15-5-3(17)1-10(23,9(21)22)24-7(5)6(19)4(18)2-16/h3-7,16-19,23H,1-2H2,(H,15,20)(H,21,22)/t3-,4+,5+,6+,7+,10-/m0/s1. The minimum atomic E-state index is -2.84. The molecule has 10 nitrogen and oxygen atoms in total. The van der Waals surface area contributed by atoms with Gasteiger partial charge in [0, 0.05) is 6.42 Å². The molecule has 1 amide bonds. The number of halogens is 3. The van der Waals surface area contributed by atoms with Gasteiger partial charge >= 0.3 is 5.97 Å². The van der Waals surface area contributed by atoms with Crippen LogP contribution in [0.3, 0.4) is 0 Å². The molecule has 13 heteroatoms. The van der Waals surface area contributed by atoms with Crippen molar-refractivity contribution >= 4 is 59.7 Å². The Kier molecular flexibility index (Phi) is 7.60. The Bertz CT molecular complexity index is 488. The average Bonchev–Trinajstić information content (AvgIpc) is 2.46. The number of hydrogen-bond donors (Lipinski definition) is 7. The summed E-state index contributed by atoms with van der Waals surface area (Å²) >= 11 is 8.82. The lowest BCUT2D eigenvalue weighted by atomic mass is 9.88. The van der Waals surface area contributed by atoms with E-state index in [-0.39, 0.29) is 0 Å². The molecule has 0 saturated carbocycles. The van der Waals surface area contributed by atoms with Crippen molar-refractivity contribution in [2.24, 2.45) is 0 Å². The largest absolute Gasteiger partial charge is 0.477 e. The molecule has 1 heterocycles. The van der Waals surface area contributed by atoms with Crippen LogP contribution in [0.15, 0.2) is 0 Å². The number of aliphatic hydroxyl groups excluding tert-OH is 4. The van der Waals surface area contributed by atoms with Crippen molar-refractivity contribution in [3.8, 4) is 0 Å². The van der Waals surface area contributed by atoms with Gasteiger partial charge in [0.05, 0.1) is 18.8 Å². The molecule has 7 N–H and O–H groups in total. The van der Waals surface area contributed by atoms with Crippen LogP contribution in [0.2, 0.25) is 0 Å². The summed E-state index contributed by atoms with van der Waals surface area (Å²) in [4.78, 5) is 23.1. The van der Waals surface area contributed by atoms with Gasteiger partial charge < -0.3 is 40.7 Å². The van der Waals surface area contributed by atoms with Crippen molar-refractivity contribution < 1.29 is 45.0 Å². The van der Waals surface area contributed by atoms with Crippen molar-refractivity contribution in [3.05, 3.63) is 0 Å². The van der Waals surface area contributed by atoms with Gasteiger partial charge in [0.2, 0.25) is 2.14 Å². The topological polar surface area (TPSA) is 177 Å². The fourth-order valence-corrected chi connectivity index (χ4v) is 2.48. The molecule has 1 rings (SSSR count). The predicted molar refractivity (Wildman–Crippen MR) is 88.6 cm³/mol. The normalized spacial score (nSPS) is 33.6. The van der Waals surface area contributed by atoms with Crippen LogP contribution >= 0.6 is 47.8 Å². The highest BCUT2D eigenvalue weighted by Crippen LogP contribution is 2.35. The number of aliphatic hydroxyl groups is 5. The lowest BCUT2D eigenvalue weighted by Gasteiger charge is -2.45. The predicted octanol–water partition coefficient (Wildman–Crippen LogP) is -2.05. The first kappa shape index (κ1) is 22.2. The Morgan fingerprint density at radius 3 is 2.29 bits per heavy atom. The van der Waals surface area contributed by atoms with Gasteiger partial charge in [0.25, 0.3) is 11.7 Å². The first-order valence-electron chi connectivity index (χ1n) is 6.50. The third kappa shape index (κ3) is 5.08. The maximum atomic E-state index is 12.0. The molecule has 0 aliphatic carbocycles. The molecule has 0 unspecified atom stereocenters. The summed E-state index contributed by atoms with van der Waals surface area (Å²) in [6, 6.07) is -1.39. The minimum absolute atomic E-state index is 0.772. The summed E-state index contributed by atoms with van der Waals surface area (Å²) in [5, 5.41) is 59.9. The maximum Gasteiger partial charge on any atom is 0.364 e. The Hall–Kier alpha value is 0.140. The van der Waals surface area contributed by atoms with Gasteiger partial charge in [0.1, 0.15) is 18.3 Å². The van der Waals surface area contributed by atoms with Crippen molar-refractivity contribution in [1.82, 2.24) is 5.32 Å². The Morgan fingerprint density at radius 2 is 1.88 bits per heavy atom. The van der Waals surface area contributed by atoms with Gasteiger partial charge in [-0.1, -0.05) is 0 Å². The zero-order valence-corrected chi connectivity index (χ0v) is 16.6. The van der Waals surface area contributed by atoms with Crippen molar-refractivity contribution in [3.63, 3.8) is 0 Å². The van der Waals surface area contributed by atoms with E-state index in [0.29, 0.717) is 0 Å². The monoisotopic (exact) mass is 543 g/mol. The molecule has 1 fully saturated rings. The van der Waals surface area contributed by atoms with Gasteiger partial charge in [-0.05, 0) is 47.8 Å². The highest BCUT2D eigenvalue weighted by atomic mass is 80.0. The summed E-state index contributed by atoms with van der Waals surface area (Å²) in [6.45, 7) is -0.900. The molecule has 1 aliphatic rings. The lowest BCUT2D eigenvalue weighted by Crippen LogP contribution is -2.68. The zero-order chi connectivity index (χ0) is 18.9. The number of hydrogen-bond acceptors (Lipinski definition) is 8. The van der Waals surface area contributed by atoms with Crippen LogP contribution in [0.4, 0.5) is 0 Å². The number of nitrogens with one attached hydrogen (secondary N) is 1. The van der Waals surface area contributed by atoms with Crippen LogP contribution in [-0.2, 0) is 14.3 Å². The molecule has 1 aliphatic heterocycles. The fraction of sp³-hybridized carbons (Fsp3) is 0.818. The SMILES string of the molecule is O=C(N[C@H]1[C@H]([C@H](O)[C@H](O)CO)O[C@](O)(C(=O)O)C[C@@H]1O)C(Br)(Br)Br. The van der Waals surface area contributed by atoms with E-state index in [1.54, 1.807) is 0 Å². The van der Waals surface area contributed by atoms with Crippen molar-refractivity contribution in [2.45, 2.75) is 44.8 Å². The van der Waals surface area contributed by atoms with E-state index in [1.165, 1.54) is 0 Å². The van der Waals surface area contributed by atoms with E-state index >= 15 is 0 Å². The molecule has 0 aromatic heterocycles. The zero-order valence-electron chi connectivity index (χ0n) is 11.8. The first-order valence-corrected chi connectivity index (χ1v) is 8.87. The molecular weight excluding hydrogens is 530 g/mol. The summed E-state index contributed by atoms with van der Waals surface area (Å²) in [6.07, 6.45) is -7.83. The molecule has 1 saturated heterocycles. The maximum absolute atomic E-state index is 12.0. The summed E-state index contributed by atoms with van der Waals surface area (Å²) in [5.74, 6) is -5.43. The third-order valence-corrected chi connectivity index (χ3v) is 4.47. The molecule has 0 bridgehead atoms. The lowest BCUT2D eigenvalue weighted by molar-refractivity contribution is -0.295. The Balaban J connectivity index is 3.13. The second-order valence-electron chi connectivity index (χ2n) is 5.18. The van der Waals surface area contributed by atoms with Gasteiger partial charge in [0.15, 0.2) is 0 Å². The number of carbonyl (C=O) groups is 2. The number of carboxylic acids is 1. The smallest absolute Gasteiger partial charge is 0.364 e. The minimum Gasteiger partial charge on any atom is -0.477 e. The van der Waals surface area contributed by atoms with Gasteiger partial charge in [-0.3, -0.25) is 4.79 Å². The second-order valence-corrected chi connectivity index (χ2v) is 11.9. The second kappa shape index (κ2) is 8.22. The average molecular weight is 546 g/mol. The molecule has 6 atom stereocenters. The van der Waals surface area contributed by atoms with E-state index in [0.717, 1.165) is 0 Å². The molecule has 0 aromatic rings. The van der Waals surface area contributed by atoms with Crippen LogP contribution < -0.4 is 5.32 Å². The van der Waals surface area contributed by atoms with Crippen LogP contribution in [0, 0.1) is 0 Å². The van der Waals surface area contributed by atoms with Crippen LogP contribution in [0.1, 0.15) is 6.42 Å². The molecule has 0 aromatic carbocycles. The molecule has 140 valence electrons. The van der Waals surface area contributed by atoms with E-state index in [1.807, 2.05) is 0 Å². The number of carboxylic acid groups (broad SMARTS) is 1. The number of amides is 1. The molecule has 0 spiro atoms. The number of alkyl halides is 3. The molecular formula is C11H16Br3NO9. The molecule has 24 heavy (non-hydrogen) atoms. The number of aliphatic carboxylic acids is 1. The number of carbonyl (C=O) groups excluding carboxylic acids is 1. The summed E-state index contributed by atoms with van der Waals surface area (Å²) < 4.78 is 3.51. The van der Waals surface area contributed by atoms with Crippen LogP contribution in [0.25, 0.3) is 0 Å². The number of rotatable bonds is 5. The third-order valence-electron chi connectivity index (χ3n) is 3.39. The summed E-state index contributed by atoms with van der Waals surface area (Å²) in [5.41, 5.74) is 0. The fourth-order valence-electron chi connectivity index (χ4n) is 2.13. The van der Waals surface area contributed by atoms with Gasteiger partial charge in [-0.2, -0.15) is 0 Å². The Morgan fingerprint density at radius 1 is 1.33 bits per heavy atom. The highest BCUT2D eigenvalue weighted by Gasteiger charge is 2.54. The Labute approximate surface area is 161 Å². The molecule has 0 radical (unpaired) electrons. The summed E-state index contributed by atoms with van der Waals surface area (Å²) in [7, 11) is 0. The van der Waals surface area contributed by atoms with Crippen LogP contribution in [0.5, 0.6) is 0 Å². The highest BCUT2D eigenvalue weighted by molar-refractivity contribution is 9.40. The van der Waals surface area contributed by atoms with Gasteiger partial charge in [-0.15, -0.1) is 0 Å². The van der Waals surface area contributed by atoms with Crippen molar-refractivity contribution in [2.75, 3.05) is 6.61 Å². The van der Waals surface area contributed by atoms with Crippen molar-refractivity contribution in [1.29, 1.82) is 0 Å². The van der Waals surface area contributed by atoms with E-state index in [2.05, 4.69) is 53.1 Å².